The third kappa shape index (κ3) is 1.58. The standard InChI is InChI=1S/C9H8N4O3/c1-16-9(15)5-2-3-7-11-6(8(10)14)4-13(7)12-5/h2-4H,1H3,(H2,10,14). The van der Waals surface area contributed by atoms with E-state index in [1.165, 1.54) is 23.9 Å². The van der Waals surface area contributed by atoms with Crippen LogP contribution in [0.2, 0.25) is 0 Å². The number of ether oxygens (including phenoxy) is 1. The van der Waals surface area contributed by atoms with Gasteiger partial charge in [0.25, 0.3) is 5.91 Å². The molecule has 0 fully saturated rings. The number of nitrogens with zero attached hydrogens (tertiary/aromatic N) is 3. The van der Waals surface area contributed by atoms with Crippen molar-refractivity contribution in [3.63, 3.8) is 0 Å². The van der Waals surface area contributed by atoms with Crippen molar-refractivity contribution in [2.24, 2.45) is 5.73 Å². The van der Waals surface area contributed by atoms with Crippen LogP contribution in [0, 0.1) is 0 Å². The predicted octanol–water partition coefficient (Wildman–Crippen LogP) is -0.385. The lowest BCUT2D eigenvalue weighted by Gasteiger charge is -1.97. The largest absolute Gasteiger partial charge is 0.464 e. The molecule has 0 bridgehead atoms. The van der Waals surface area contributed by atoms with E-state index in [4.69, 9.17) is 5.73 Å². The topological polar surface area (TPSA) is 99.6 Å². The SMILES string of the molecule is COC(=O)c1ccc2nc(C(N)=O)cn2n1. The fourth-order valence-corrected chi connectivity index (χ4v) is 1.21. The number of hydrogen-bond donors (Lipinski definition) is 1. The Morgan fingerprint density at radius 2 is 2.12 bits per heavy atom. The quantitative estimate of drug-likeness (QED) is 0.695. The van der Waals surface area contributed by atoms with Gasteiger partial charge in [-0.15, -0.1) is 0 Å². The molecule has 16 heavy (non-hydrogen) atoms. The third-order valence-electron chi connectivity index (χ3n) is 1.97. The number of fused-ring (bicyclic) bond motifs is 1. The van der Waals surface area contributed by atoms with Crippen molar-refractivity contribution < 1.29 is 14.3 Å². The van der Waals surface area contributed by atoms with Crippen molar-refractivity contribution in [3.05, 3.63) is 29.7 Å². The molecule has 0 unspecified atom stereocenters. The number of rotatable bonds is 2. The van der Waals surface area contributed by atoms with Crippen LogP contribution in [0.4, 0.5) is 0 Å². The summed E-state index contributed by atoms with van der Waals surface area (Å²) in [6.45, 7) is 0. The molecule has 2 N–H and O–H groups in total. The van der Waals surface area contributed by atoms with Crippen LogP contribution in [-0.2, 0) is 4.74 Å². The Balaban J connectivity index is 2.53. The molecule has 2 heterocycles. The lowest BCUT2D eigenvalue weighted by atomic mass is 10.4. The highest BCUT2D eigenvalue weighted by molar-refractivity contribution is 5.91. The van der Waals surface area contributed by atoms with Crippen LogP contribution >= 0.6 is 0 Å². The van der Waals surface area contributed by atoms with Crippen LogP contribution in [0.25, 0.3) is 5.65 Å². The van der Waals surface area contributed by atoms with E-state index in [1.807, 2.05) is 0 Å². The van der Waals surface area contributed by atoms with Crippen molar-refractivity contribution >= 4 is 17.5 Å². The number of nitrogens with two attached hydrogens (primary N) is 1. The molecule has 0 aliphatic carbocycles. The Bertz CT molecular complexity index is 575. The molecule has 0 atom stereocenters. The van der Waals surface area contributed by atoms with Gasteiger partial charge in [0.1, 0.15) is 5.69 Å². The summed E-state index contributed by atoms with van der Waals surface area (Å²) in [5.74, 6) is -1.21. The van der Waals surface area contributed by atoms with E-state index in [0.717, 1.165) is 0 Å². The fourth-order valence-electron chi connectivity index (χ4n) is 1.21. The van der Waals surface area contributed by atoms with Crippen LogP contribution in [0.15, 0.2) is 18.3 Å². The van der Waals surface area contributed by atoms with Crippen molar-refractivity contribution in [2.75, 3.05) is 7.11 Å². The molecule has 0 saturated heterocycles. The van der Waals surface area contributed by atoms with E-state index in [1.54, 1.807) is 6.07 Å². The van der Waals surface area contributed by atoms with Crippen LogP contribution < -0.4 is 5.73 Å². The summed E-state index contributed by atoms with van der Waals surface area (Å²) in [5, 5.41) is 3.92. The van der Waals surface area contributed by atoms with Crippen LogP contribution in [0.1, 0.15) is 21.0 Å². The smallest absolute Gasteiger partial charge is 0.358 e. The number of carbonyl (C=O) groups is 2. The van der Waals surface area contributed by atoms with Gasteiger partial charge in [0, 0.05) is 0 Å². The van der Waals surface area contributed by atoms with Crippen molar-refractivity contribution in [3.8, 4) is 0 Å². The molecule has 0 saturated carbocycles. The average Bonchev–Trinajstić information content (AvgIpc) is 2.70. The highest BCUT2D eigenvalue weighted by atomic mass is 16.5. The Hall–Kier alpha value is -2.44. The molecule has 1 amide bonds. The van der Waals surface area contributed by atoms with Gasteiger partial charge in [-0.05, 0) is 12.1 Å². The van der Waals surface area contributed by atoms with Gasteiger partial charge in [-0.1, -0.05) is 0 Å². The first kappa shape index (κ1) is 10.1. The minimum absolute atomic E-state index is 0.0921. The number of hydrogen-bond acceptors (Lipinski definition) is 5. The summed E-state index contributed by atoms with van der Waals surface area (Å²) in [6.07, 6.45) is 1.35. The highest BCUT2D eigenvalue weighted by Crippen LogP contribution is 2.05. The van der Waals surface area contributed by atoms with Gasteiger partial charge >= 0.3 is 5.97 Å². The average molecular weight is 220 g/mol. The van der Waals surface area contributed by atoms with Crippen molar-refractivity contribution in [1.29, 1.82) is 0 Å². The number of primary amides is 1. The molecule has 0 radical (unpaired) electrons. The summed E-state index contributed by atoms with van der Waals surface area (Å²) < 4.78 is 5.81. The Morgan fingerprint density at radius 1 is 1.38 bits per heavy atom. The number of methoxy groups -OCH3 is 1. The second-order valence-corrected chi connectivity index (χ2v) is 3.00. The molecular formula is C9H8N4O3. The number of imidazole rings is 1. The lowest BCUT2D eigenvalue weighted by molar-refractivity contribution is 0.0592. The highest BCUT2D eigenvalue weighted by Gasteiger charge is 2.11. The van der Waals surface area contributed by atoms with E-state index >= 15 is 0 Å². The summed E-state index contributed by atoms with van der Waals surface area (Å²) in [4.78, 5) is 26.0. The molecule has 7 heteroatoms. The zero-order valence-electron chi connectivity index (χ0n) is 8.38. The van der Waals surface area contributed by atoms with E-state index < -0.39 is 11.9 Å². The van der Waals surface area contributed by atoms with Gasteiger partial charge in [-0.25, -0.2) is 14.3 Å². The second-order valence-electron chi connectivity index (χ2n) is 3.00. The molecule has 7 nitrogen and oxygen atoms in total. The molecule has 0 spiro atoms. The summed E-state index contributed by atoms with van der Waals surface area (Å²) in [7, 11) is 1.26. The molecule has 0 aliphatic heterocycles. The first-order chi connectivity index (χ1) is 7.61. The van der Waals surface area contributed by atoms with Crippen molar-refractivity contribution in [1.82, 2.24) is 14.6 Å². The monoisotopic (exact) mass is 220 g/mol. The number of amides is 1. The molecule has 2 rings (SSSR count). The molecule has 2 aromatic rings. The zero-order valence-corrected chi connectivity index (χ0v) is 8.38. The van der Waals surface area contributed by atoms with E-state index in [0.29, 0.717) is 5.65 Å². The van der Waals surface area contributed by atoms with Gasteiger partial charge in [-0.3, -0.25) is 4.79 Å². The maximum atomic E-state index is 11.2. The molecule has 0 aromatic carbocycles. The van der Waals surface area contributed by atoms with E-state index in [2.05, 4.69) is 14.8 Å². The normalized spacial score (nSPS) is 10.3. The van der Waals surface area contributed by atoms with Gasteiger partial charge in [0.2, 0.25) is 0 Å². The lowest BCUT2D eigenvalue weighted by Crippen LogP contribution is -2.11. The van der Waals surface area contributed by atoms with Crippen LogP contribution in [-0.4, -0.2) is 33.6 Å². The minimum atomic E-state index is -0.648. The first-order valence-corrected chi connectivity index (χ1v) is 4.36. The van der Waals surface area contributed by atoms with Crippen LogP contribution in [0.3, 0.4) is 0 Å². The summed E-state index contributed by atoms with van der Waals surface area (Å²) in [6, 6.07) is 3.00. The van der Waals surface area contributed by atoms with Crippen molar-refractivity contribution in [2.45, 2.75) is 0 Å². The first-order valence-electron chi connectivity index (χ1n) is 4.36. The number of carbonyl (C=O) groups excluding carboxylic acids is 2. The Labute approximate surface area is 89.8 Å². The van der Waals surface area contributed by atoms with Gasteiger partial charge < -0.3 is 10.5 Å². The second kappa shape index (κ2) is 3.61. The molecule has 2 aromatic heterocycles. The Morgan fingerprint density at radius 3 is 2.75 bits per heavy atom. The third-order valence-corrected chi connectivity index (χ3v) is 1.97. The molecular weight excluding hydrogens is 212 g/mol. The van der Waals surface area contributed by atoms with Crippen LogP contribution in [0.5, 0.6) is 0 Å². The van der Waals surface area contributed by atoms with Gasteiger partial charge in [-0.2, -0.15) is 5.10 Å². The molecule has 0 aliphatic rings. The maximum absolute atomic E-state index is 11.2. The molecule has 82 valence electrons. The summed E-state index contributed by atoms with van der Waals surface area (Å²) in [5.41, 5.74) is 5.72. The van der Waals surface area contributed by atoms with E-state index in [-0.39, 0.29) is 11.4 Å². The number of aromatic nitrogens is 3. The zero-order chi connectivity index (χ0) is 11.7. The van der Waals surface area contributed by atoms with E-state index in [9.17, 15) is 9.59 Å². The number of esters is 1. The maximum Gasteiger partial charge on any atom is 0.358 e. The predicted molar refractivity (Wildman–Crippen MR) is 52.8 cm³/mol. The van der Waals surface area contributed by atoms with Gasteiger partial charge in [0.05, 0.1) is 13.3 Å². The summed E-state index contributed by atoms with van der Waals surface area (Å²) >= 11 is 0. The Kier molecular flexibility index (Phi) is 2.28. The fraction of sp³-hybridized carbons (Fsp3) is 0.111. The minimum Gasteiger partial charge on any atom is -0.464 e. The van der Waals surface area contributed by atoms with Gasteiger partial charge in [0.15, 0.2) is 11.3 Å².